The summed E-state index contributed by atoms with van der Waals surface area (Å²) in [5.41, 5.74) is 6.20. The monoisotopic (exact) mass is 520 g/mol. The molecule has 0 saturated heterocycles. The highest BCUT2D eigenvalue weighted by Gasteiger charge is 2.07. The molecular weight excluding hydrogens is 492 g/mol. The molecule has 1 aromatic heterocycles. The van der Waals surface area contributed by atoms with Crippen LogP contribution >= 0.6 is 0 Å². The number of hydrogen-bond acceptors (Lipinski definition) is 7. The van der Waals surface area contributed by atoms with Crippen LogP contribution in [0.4, 0.5) is 11.4 Å². The molecule has 0 fully saturated rings. The van der Waals surface area contributed by atoms with Crippen molar-refractivity contribution in [3.8, 4) is 34.4 Å². The van der Waals surface area contributed by atoms with Crippen molar-refractivity contribution in [1.29, 1.82) is 0 Å². The van der Waals surface area contributed by atoms with Gasteiger partial charge in [0.1, 0.15) is 5.82 Å². The van der Waals surface area contributed by atoms with E-state index < -0.39 is 0 Å². The average molecular weight is 521 g/mol. The van der Waals surface area contributed by atoms with Crippen molar-refractivity contribution >= 4 is 34.8 Å². The molecule has 5 aromatic rings. The molecule has 5 rings (SSSR count). The zero-order valence-electron chi connectivity index (χ0n) is 22.1. The molecule has 0 saturated carbocycles. The predicted molar refractivity (Wildman–Crippen MR) is 155 cm³/mol. The van der Waals surface area contributed by atoms with Gasteiger partial charge in [0.2, 0.25) is 0 Å². The van der Waals surface area contributed by atoms with E-state index >= 15 is 0 Å². The fraction of sp³-hybridized carbons (Fsp3) is 0.129. The normalized spacial score (nSPS) is 11.4. The van der Waals surface area contributed by atoms with E-state index in [1.807, 2.05) is 78.9 Å². The van der Waals surface area contributed by atoms with Crippen LogP contribution in [0.3, 0.4) is 0 Å². The van der Waals surface area contributed by atoms with Gasteiger partial charge < -0.3 is 23.9 Å². The first-order valence-electron chi connectivity index (χ1n) is 12.2. The molecule has 0 unspecified atom stereocenters. The van der Waals surface area contributed by atoms with E-state index in [2.05, 4.69) is 15.0 Å². The van der Waals surface area contributed by atoms with E-state index in [1.165, 1.54) is 0 Å². The number of nitrogens with one attached hydrogen (secondary N) is 1. The Morgan fingerprint density at radius 2 is 1.13 bits per heavy atom. The summed E-state index contributed by atoms with van der Waals surface area (Å²) in [5.74, 6) is 3.46. The lowest BCUT2D eigenvalue weighted by atomic mass is 10.2. The summed E-state index contributed by atoms with van der Waals surface area (Å²) in [6.07, 6.45) is 3.59. The number of H-pyrrole nitrogens is 1. The van der Waals surface area contributed by atoms with Crippen LogP contribution in [0, 0.1) is 0 Å². The van der Waals surface area contributed by atoms with E-state index in [9.17, 15) is 0 Å². The van der Waals surface area contributed by atoms with Crippen LogP contribution in [-0.2, 0) is 0 Å². The first-order valence-corrected chi connectivity index (χ1v) is 12.2. The Hall–Kier alpha value is -5.11. The minimum absolute atomic E-state index is 0.660. The highest BCUT2D eigenvalue weighted by molar-refractivity contribution is 5.87. The summed E-state index contributed by atoms with van der Waals surface area (Å²) in [6.45, 7) is 0. The number of nitrogens with zero attached hydrogens (tertiary/aromatic N) is 3. The van der Waals surface area contributed by atoms with Gasteiger partial charge in [-0.15, -0.1) is 0 Å². The quantitative estimate of drug-likeness (QED) is 0.217. The second-order valence-corrected chi connectivity index (χ2v) is 8.58. The third-order valence-electron chi connectivity index (χ3n) is 6.15. The lowest BCUT2D eigenvalue weighted by molar-refractivity contribution is 0.355. The third kappa shape index (κ3) is 5.75. The van der Waals surface area contributed by atoms with E-state index in [0.29, 0.717) is 23.0 Å². The molecule has 0 spiro atoms. The zero-order valence-corrected chi connectivity index (χ0v) is 22.1. The molecule has 8 nitrogen and oxygen atoms in total. The zero-order chi connectivity index (χ0) is 27.2. The van der Waals surface area contributed by atoms with E-state index in [0.717, 1.165) is 44.9 Å². The minimum Gasteiger partial charge on any atom is -0.493 e. The number of fused-ring (bicyclic) bond motifs is 1. The molecule has 1 N–H and O–H groups in total. The largest absolute Gasteiger partial charge is 0.493 e. The van der Waals surface area contributed by atoms with Crippen LogP contribution in [0.2, 0.25) is 0 Å². The highest BCUT2D eigenvalue weighted by Crippen LogP contribution is 2.29. The van der Waals surface area contributed by atoms with Gasteiger partial charge in [-0.2, -0.15) is 0 Å². The molecule has 0 atom stereocenters. The summed E-state index contributed by atoms with van der Waals surface area (Å²) in [4.78, 5) is 17.3. The topological polar surface area (TPSA) is 90.3 Å². The first-order chi connectivity index (χ1) is 19.1. The molecule has 4 aromatic carbocycles. The van der Waals surface area contributed by atoms with Gasteiger partial charge in [0.25, 0.3) is 0 Å². The average Bonchev–Trinajstić information content (AvgIpc) is 3.42. The van der Waals surface area contributed by atoms with Gasteiger partial charge >= 0.3 is 0 Å². The van der Waals surface area contributed by atoms with E-state index in [1.54, 1.807) is 40.9 Å². The smallest absolute Gasteiger partial charge is 0.161 e. The molecule has 0 aliphatic carbocycles. The summed E-state index contributed by atoms with van der Waals surface area (Å²) in [6, 6.07) is 25.1. The number of imidazole rings is 1. The Kier molecular flexibility index (Phi) is 7.54. The van der Waals surface area contributed by atoms with Crippen molar-refractivity contribution in [3.63, 3.8) is 0 Å². The van der Waals surface area contributed by atoms with Crippen LogP contribution < -0.4 is 18.9 Å². The lowest BCUT2D eigenvalue weighted by Gasteiger charge is -2.07. The number of benzene rings is 4. The molecule has 39 heavy (non-hydrogen) atoms. The molecular formula is C31H28N4O4. The number of methoxy groups -OCH3 is 4. The van der Waals surface area contributed by atoms with Crippen LogP contribution in [0.5, 0.6) is 23.0 Å². The van der Waals surface area contributed by atoms with Crippen LogP contribution in [0.15, 0.2) is 88.8 Å². The molecule has 0 aliphatic rings. The summed E-state index contributed by atoms with van der Waals surface area (Å²) >= 11 is 0. The van der Waals surface area contributed by atoms with Crippen molar-refractivity contribution in [3.05, 3.63) is 90.0 Å². The van der Waals surface area contributed by atoms with Crippen LogP contribution in [0.1, 0.15) is 11.1 Å². The number of rotatable bonds is 9. The molecule has 8 heteroatoms. The van der Waals surface area contributed by atoms with Gasteiger partial charge in [-0.1, -0.05) is 0 Å². The van der Waals surface area contributed by atoms with Crippen LogP contribution in [0.25, 0.3) is 22.4 Å². The van der Waals surface area contributed by atoms with E-state index in [4.69, 9.17) is 23.9 Å². The fourth-order valence-corrected chi connectivity index (χ4v) is 4.08. The Balaban J connectivity index is 1.31. The van der Waals surface area contributed by atoms with Crippen molar-refractivity contribution in [2.45, 2.75) is 0 Å². The van der Waals surface area contributed by atoms with Crippen LogP contribution in [-0.4, -0.2) is 50.8 Å². The number of ether oxygens (including phenoxy) is 4. The molecule has 0 radical (unpaired) electrons. The maximum absolute atomic E-state index is 5.37. The number of aromatic amines is 1. The molecule has 0 bridgehead atoms. The first kappa shape index (κ1) is 25.5. The SMILES string of the molecule is COc1ccc(C=Nc2ccc(-c3nc4ccc(N=Cc5ccc(OC)c(OC)c5)cc4[nH]3)cc2)cc1OC. The Labute approximate surface area is 226 Å². The highest BCUT2D eigenvalue weighted by atomic mass is 16.5. The second kappa shape index (κ2) is 11.5. The minimum atomic E-state index is 0.660. The second-order valence-electron chi connectivity index (χ2n) is 8.58. The number of hydrogen-bond donors (Lipinski definition) is 1. The molecule has 0 amide bonds. The maximum Gasteiger partial charge on any atom is 0.161 e. The number of aliphatic imine (C=N–C) groups is 2. The maximum atomic E-state index is 5.37. The standard InChI is InChI=1S/C31H28N4O4/c1-36-27-13-5-20(15-29(27)38-3)18-32-23-9-7-22(8-10-23)31-34-25-12-11-24(17-26(25)35-31)33-19-21-6-14-28(37-2)30(16-21)39-4/h5-19H,1-4H3,(H,34,35). The summed E-state index contributed by atoms with van der Waals surface area (Å²) in [7, 11) is 6.46. The Bertz CT molecular complexity index is 1660. The van der Waals surface area contributed by atoms with Gasteiger partial charge in [0.05, 0.1) is 50.8 Å². The Morgan fingerprint density at radius 1 is 0.590 bits per heavy atom. The van der Waals surface area contributed by atoms with Gasteiger partial charge in [0.15, 0.2) is 23.0 Å². The Morgan fingerprint density at radius 3 is 1.69 bits per heavy atom. The van der Waals surface area contributed by atoms with Crippen molar-refractivity contribution in [1.82, 2.24) is 9.97 Å². The summed E-state index contributed by atoms with van der Waals surface area (Å²) < 4.78 is 21.3. The molecule has 196 valence electrons. The van der Waals surface area contributed by atoms with Crippen molar-refractivity contribution < 1.29 is 18.9 Å². The van der Waals surface area contributed by atoms with Crippen molar-refractivity contribution in [2.24, 2.45) is 9.98 Å². The van der Waals surface area contributed by atoms with Gasteiger partial charge in [0, 0.05) is 18.0 Å². The lowest BCUT2D eigenvalue weighted by Crippen LogP contribution is -1.91. The third-order valence-corrected chi connectivity index (χ3v) is 6.15. The molecule has 0 aliphatic heterocycles. The van der Waals surface area contributed by atoms with Gasteiger partial charge in [-0.3, -0.25) is 9.98 Å². The van der Waals surface area contributed by atoms with E-state index in [-0.39, 0.29) is 0 Å². The van der Waals surface area contributed by atoms with Gasteiger partial charge in [-0.05, 0) is 90.0 Å². The van der Waals surface area contributed by atoms with Crippen molar-refractivity contribution in [2.75, 3.05) is 28.4 Å². The fourth-order valence-electron chi connectivity index (χ4n) is 4.08. The predicted octanol–water partition coefficient (Wildman–Crippen LogP) is 6.77. The number of aromatic nitrogens is 2. The van der Waals surface area contributed by atoms with Gasteiger partial charge in [-0.25, -0.2) is 4.98 Å². The summed E-state index contributed by atoms with van der Waals surface area (Å²) in [5, 5.41) is 0. The molecule has 1 heterocycles.